The van der Waals surface area contributed by atoms with Crippen LogP contribution in [0.5, 0.6) is 5.75 Å². The average Bonchev–Trinajstić information content (AvgIpc) is 2.52. The largest absolute Gasteiger partial charge is 0.468 e. The number of rotatable bonds is 12. The molecule has 0 saturated carbocycles. The SMILES string of the molecule is [CH2]CCC/C=C/c1ccc(OCOCCCCCC)cc1. The maximum atomic E-state index is 5.56. The van der Waals surface area contributed by atoms with Gasteiger partial charge < -0.3 is 9.47 Å². The van der Waals surface area contributed by atoms with Crippen LogP contribution in [0.25, 0.3) is 6.08 Å². The highest BCUT2D eigenvalue weighted by atomic mass is 16.7. The highest BCUT2D eigenvalue weighted by Gasteiger charge is 1.94. The molecule has 0 aliphatic rings. The third-order valence-corrected chi connectivity index (χ3v) is 3.26. The quantitative estimate of drug-likeness (QED) is 0.366. The zero-order chi connectivity index (χ0) is 15.2. The van der Waals surface area contributed by atoms with Crippen molar-refractivity contribution in [3.05, 3.63) is 42.8 Å². The summed E-state index contributed by atoms with van der Waals surface area (Å²) >= 11 is 0. The van der Waals surface area contributed by atoms with E-state index >= 15 is 0 Å². The van der Waals surface area contributed by atoms with Crippen LogP contribution in [0.3, 0.4) is 0 Å². The Kier molecular flexibility index (Phi) is 10.5. The van der Waals surface area contributed by atoms with Gasteiger partial charge in [-0.25, -0.2) is 0 Å². The summed E-state index contributed by atoms with van der Waals surface area (Å²) in [5.41, 5.74) is 1.20. The van der Waals surface area contributed by atoms with Crippen LogP contribution in [-0.2, 0) is 4.74 Å². The van der Waals surface area contributed by atoms with E-state index in [1.54, 1.807) is 0 Å². The third-order valence-electron chi connectivity index (χ3n) is 3.26. The summed E-state index contributed by atoms with van der Waals surface area (Å²) in [6.45, 7) is 7.17. The van der Waals surface area contributed by atoms with Crippen LogP contribution in [0.4, 0.5) is 0 Å². The lowest BCUT2D eigenvalue weighted by atomic mass is 10.1. The summed E-state index contributed by atoms with van der Waals surface area (Å²) in [7, 11) is 0. The Bertz CT molecular complexity index is 368. The van der Waals surface area contributed by atoms with Gasteiger partial charge in [0.05, 0.1) is 6.61 Å². The summed E-state index contributed by atoms with van der Waals surface area (Å²) in [5.74, 6) is 0.860. The van der Waals surface area contributed by atoms with Crippen molar-refractivity contribution in [2.75, 3.05) is 13.4 Å². The Hall–Kier alpha value is -1.28. The highest BCUT2D eigenvalue weighted by molar-refractivity contribution is 5.50. The molecule has 0 saturated heterocycles. The summed E-state index contributed by atoms with van der Waals surface area (Å²) in [6, 6.07) is 8.11. The molecular formula is C19H29O2. The normalized spacial score (nSPS) is 11.1. The van der Waals surface area contributed by atoms with Gasteiger partial charge in [-0.2, -0.15) is 0 Å². The molecule has 21 heavy (non-hydrogen) atoms. The number of hydrogen-bond donors (Lipinski definition) is 0. The summed E-state index contributed by atoms with van der Waals surface area (Å²) in [5, 5.41) is 0. The van der Waals surface area contributed by atoms with Gasteiger partial charge in [-0.1, -0.05) is 63.8 Å². The van der Waals surface area contributed by atoms with Gasteiger partial charge in [-0.05, 0) is 37.0 Å². The fraction of sp³-hybridized carbons (Fsp3) is 0.526. The predicted octanol–water partition coefficient (Wildman–Crippen LogP) is 5.64. The topological polar surface area (TPSA) is 18.5 Å². The van der Waals surface area contributed by atoms with Gasteiger partial charge in [0, 0.05) is 0 Å². The molecule has 0 atom stereocenters. The van der Waals surface area contributed by atoms with Gasteiger partial charge in [0.15, 0.2) is 6.79 Å². The van der Waals surface area contributed by atoms with Crippen LogP contribution in [0, 0.1) is 6.92 Å². The molecule has 1 aromatic rings. The molecule has 2 heteroatoms. The molecular weight excluding hydrogens is 260 g/mol. The molecule has 1 rings (SSSR count). The molecule has 0 heterocycles. The second kappa shape index (κ2) is 12.5. The van der Waals surface area contributed by atoms with E-state index in [-0.39, 0.29) is 0 Å². The van der Waals surface area contributed by atoms with E-state index in [1.165, 1.54) is 24.8 Å². The first-order valence-corrected chi connectivity index (χ1v) is 8.13. The van der Waals surface area contributed by atoms with Crippen LogP contribution in [0.15, 0.2) is 30.3 Å². The molecule has 117 valence electrons. The molecule has 0 aliphatic heterocycles. The van der Waals surface area contributed by atoms with E-state index in [0.717, 1.165) is 38.0 Å². The van der Waals surface area contributed by atoms with Crippen molar-refractivity contribution >= 4 is 6.08 Å². The van der Waals surface area contributed by atoms with E-state index < -0.39 is 0 Å². The van der Waals surface area contributed by atoms with Crippen molar-refractivity contribution in [2.45, 2.75) is 51.9 Å². The first kappa shape index (κ1) is 17.8. The van der Waals surface area contributed by atoms with Crippen LogP contribution in [0.2, 0.25) is 0 Å². The minimum absolute atomic E-state index is 0.338. The first-order valence-electron chi connectivity index (χ1n) is 8.13. The molecule has 0 amide bonds. The van der Waals surface area contributed by atoms with Crippen molar-refractivity contribution < 1.29 is 9.47 Å². The van der Waals surface area contributed by atoms with E-state index in [0.29, 0.717) is 6.79 Å². The maximum absolute atomic E-state index is 5.56. The molecule has 1 aromatic carbocycles. The first-order chi connectivity index (χ1) is 10.4. The second-order valence-electron chi connectivity index (χ2n) is 5.20. The van der Waals surface area contributed by atoms with Crippen LogP contribution < -0.4 is 4.74 Å². The van der Waals surface area contributed by atoms with Crippen molar-refractivity contribution in [3.8, 4) is 5.75 Å². The summed E-state index contributed by atoms with van der Waals surface area (Å²) in [6.07, 6.45) is 12.5. The lowest BCUT2D eigenvalue weighted by molar-refractivity contribution is 0.0135. The molecule has 0 aliphatic carbocycles. The Balaban J connectivity index is 2.14. The van der Waals surface area contributed by atoms with Gasteiger partial charge >= 0.3 is 0 Å². The van der Waals surface area contributed by atoms with Gasteiger partial charge in [-0.3, -0.25) is 0 Å². The van der Waals surface area contributed by atoms with E-state index in [1.807, 2.05) is 12.1 Å². The number of hydrogen-bond acceptors (Lipinski definition) is 2. The Labute approximate surface area is 130 Å². The Morgan fingerprint density at radius 3 is 2.57 bits per heavy atom. The minimum atomic E-state index is 0.338. The number of unbranched alkanes of at least 4 members (excludes halogenated alkanes) is 5. The minimum Gasteiger partial charge on any atom is -0.468 e. The van der Waals surface area contributed by atoms with Crippen molar-refractivity contribution in [1.29, 1.82) is 0 Å². The molecule has 0 bridgehead atoms. The maximum Gasteiger partial charge on any atom is 0.189 e. The van der Waals surface area contributed by atoms with E-state index in [2.05, 4.69) is 38.1 Å². The van der Waals surface area contributed by atoms with Gasteiger partial charge in [0.2, 0.25) is 0 Å². The number of ether oxygens (including phenoxy) is 2. The molecule has 0 spiro atoms. The van der Waals surface area contributed by atoms with Gasteiger partial charge in [0.1, 0.15) is 5.75 Å². The molecule has 0 unspecified atom stereocenters. The van der Waals surface area contributed by atoms with Gasteiger partial charge in [0.25, 0.3) is 0 Å². The van der Waals surface area contributed by atoms with Crippen LogP contribution >= 0.6 is 0 Å². The Morgan fingerprint density at radius 2 is 1.86 bits per heavy atom. The Morgan fingerprint density at radius 1 is 1.05 bits per heavy atom. The fourth-order valence-electron chi connectivity index (χ4n) is 1.96. The monoisotopic (exact) mass is 289 g/mol. The molecule has 0 N–H and O–H groups in total. The summed E-state index contributed by atoms with van der Waals surface area (Å²) in [4.78, 5) is 0. The standard InChI is InChI=1S/C19H29O2/c1-3-5-7-9-11-18-12-14-19(15-13-18)21-17-20-16-10-8-6-4-2/h9,11-15H,1,3-8,10,16-17H2,2H3/b11-9+. The van der Waals surface area contributed by atoms with Crippen LogP contribution in [0.1, 0.15) is 57.4 Å². The molecule has 2 nitrogen and oxygen atoms in total. The second-order valence-corrected chi connectivity index (χ2v) is 5.20. The van der Waals surface area contributed by atoms with E-state index in [9.17, 15) is 0 Å². The molecule has 0 fully saturated rings. The molecule has 1 radical (unpaired) electrons. The summed E-state index contributed by atoms with van der Waals surface area (Å²) < 4.78 is 11.0. The third kappa shape index (κ3) is 9.30. The van der Waals surface area contributed by atoms with Crippen LogP contribution in [-0.4, -0.2) is 13.4 Å². The highest BCUT2D eigenvalue weighted by Crippen LogP contribution is 2.13. The fourth-order valence-corrected chi connectivity index (χ4v) is 1.96. The number of allylic oxidation sites excluding steroid dienone is 1. The van der Waals surface area contributed by atoms with Crippen molar-refractivity contribution in [3.63, 3.8) is 0 Å². The lowest BCUT2D eigenvalue weighted by Crippen LogP contribution is -2.04. The zero-order valence-corrected chi connectivity index (χ0v) is 13.4. The van der Waals surface area contributed by atoms with Crippen molar-refractivity contribution in [1.82, 2.24) is 0 Å². The van der Waals surface area contributed by atoms with Crippen molar-refractivity contribution in [2.24, 2.45) is 0 Å². The number of benzene rings is 1. The zero-order valence-electron chi connectivity index (χ0n) is 13.4. The average molecular weight is 289 g/mol. The lowest BCUT2D eigenvalue weighted by Gasteiger charge is -2.07. The molecule has 0 aromatic heterocycles. The van der Waals surface area contributed by atoms with E-state index in [4.69, 9.17) is 9.47 Å². The van der Waals surface area contributed by atoms with Gasteiger partial charge in [-0.15, -0.1) is 0 Å². The smallest absolute Gasteiger partial charge is 0.189 e. The predicted molar refractivity (Wildman–Crippen MR) is 90.3 cm³/mol.